The van der Waals surface area contributed by atoms with Gasteiger partial charge in [-0.25, -0.2) is 0 Å². The molecule has 1 aromatic heterocycles. The zero-order valence-corrected chi connectivity index (χ0v) is 12.4. The normalized spacial score (nSPS) is 14.5. The van der Waals surface area contributed by atoms with Crippen LogP contribution in [0.5, 0.6) is 0 Å². The molecule has 1 aromatic rings. The highest BCUT2D eigenvalue weighted by molar-refractivity contribution is 5.01. The first-order chi connectivity index (χ1) is 9.10. The second-order valence-corrected chi connectivity index (χ2v) is 5.29. The maximum Gasteiger partial charge on any atom is 0.226 e. The number of hydrogen-bond donors (Lipinski definition) is 1. The summed E-state index contributed by atoms with van der Waals surface area (Å²) in [6.07, 6.45) is 6.58. The lowest BCUT2D eigenvalue weighted by atomic mass is 10.1. The summed E-state index contributed by atoms with van der Waals surface area (Å²) < 4.78 is 10.7. The largest absolute Gasteiger partial charge is 0.379 e. The Hall–Kier alpha value is -0.940. The zero-order valence-electron chi connectivity index (χ0n) is 12.4. The van der Waals surface area contributed by atoms with Crippen molar-refractivity contribution in [1.29, 1.82) is 0 Å². The predicted octanol–water partition coefficient (Wildman–Crippen LogP) is 2.79. The van der Waals surface area contributed by atoms with E-state index >= 15 is 0 Å². The van der Waals surface area contributed by atoms with Gasteiger partial charge in [-0.3, -0.25) is 0 Å². The fourth-order valence-electron chi connectivity index (χ4n) is 1.78. The van der Waals surface area contributed by atoms with Crippen LogP contribution in [0.1, 0.15) is 64.6 Å². The molecule has 5 nitrogen and oxygen atoms in total. The zero-order chi connectivity index (χ0) is 14.1. The molecule has 0 radical (unpaired) electrons. The highest BCUT2D eigenvalue weighted by Crippen LogP contribution is 2.16. The number of rotatable bonds is 10. The summed E-state index contributed by atoms with van der Waals surface area (Å²) in [4.78, 5) is 4.38. The summed E-state index contributed by atoms with van der Waals surface area (Å²) in [5, 5.41) is 3.97. The molecular formula is C14H27N3O2. The molecule has 0 aromatic carbocycles. The Morgan fingerprint density at radius 3 is 2.68 bits per heavy atom. The molecule has 2 N–H and O–H groups in total. The van der Waals surface area contributed by atoms with Gasteiger partial charge in [0.2, 0.25) is 5.89 Å². The van der Waals surface area contributed by atoms with Crippen LogP contribution in [0.15, 0.2) is 4.52 Å². The van der Waals surface area contributed by atoms with E-state index in [1.54, 1.807) is 0 Å². The van der Waals surface area contributed by atoms with Crippen LogP contribution in [0.4, 0.5) is 0 Å². The molecule has 19 heavy (non-hydrogen) atoms. The lowest BCUT2D eigenvalue weighted by molar-refractivity contribution is 0.0867. The molecule has 0 aliphatic carbocycles. The lowest BCUT2D eigenvalue weighted by Gasteiger charge is -2.19. The van der Waals surface area contributed by atoms with Gasteiger partial charge in [0, 0.05) is 13.0 Å². The minimum atomic E-state index is -0.680. The quantitative estimate of drug-likeness (QED) is 0.661. The van der Waals surface area contributed by atoms with Gasteiger partial charge in [0.05, 0.1) is 6.61 Å². The van der Waals surface area contributed by atoms with E-state index < -0.39 is 5.54 Å². The summed E-state index contributed by atoms with van der Waals surface area (Å²) in [7, 11) is 0. The Kier molecular flexibility index (Phi) is 7.02. The van der Waals surface area contributed by atoms with Crippen molar-refractivity contribution in [2.24, 2.45) is 5.73 Å². The Morgan fingerprint density at radius 1 is 1.21 bits per heavy atom. The number of hydrogen-bond acceptors (Lipinski definition) is 5. The molecule has 110 valence electrons. The fraction of sp³-hybridized carbons (Fsp3) is 0.857. The van der Waals surface area contributed by atoms with Gasteiger partial charge in [-0.2, -0.15) is 4.98 Å². The van der Waals surface area contributed by atoms with Gasteiger partial charge in [-0.05, 0) is 19.8 Å². The van der Waals surface area contributed by atoms with Gasteiger partial charge in [0.15, 0.2) is 5.82 Å². The monoisotopic (exact) mass is 269 g/mol. The van der Waals surface area contributed by atoms with E-state index in [1.165, 1.54) is 19.3 Å². The maximum absolute atomic E-state index is 6.16. The van der Waals surface area contributed by atoms with Crippen molar-refractivity contribution in [2.45, 2.75) is 64.8 Å². The summed E-state index contributed by atoms with van der Waals surface area (Å²) in [6.45, 7) is 7.25. The number of unbranched alkanes of at least 4 members (excludes halogenated alkanes) is 3. The number of ether oxygens (including phenoxy) is 1. The minimum absolute atomic E-state index is 0.412. The number of nitrogens with two attached hydrogens (primary N) is 1. The molecule has 5 heteroatoms. The molecule has 0 saturated carbocycles. The second kappa shape index (κ2) is 8.27. The maximum atomic E-state index is 6.16. The highest BCUT2D eigenvalue weighted by atomic mass is 16.5. The molecule has 0 aliphatic rings. The van der Waals surface area contributed by atoms with Crippen LogP contribution in [-0.2, 0) is 16.7 Å². The van der Waals surface area contributed by atoms with Crippen LogP contribution in [0.3, 0.4) is 0 Å². The van der Waals surface area contributed by atoms with E-state index in [0.29, 0.717) is 24.9 Å². The third-order valence-electron chi connectivity index (χ3n) is 2.97. The van der Waals surface area contributed by atoms with E-state index in [4.69, 9.17) is 15.0 Å². The van der Waals surface area contributed by atoms with E-state index in [9.17, 15) is 0 Å². The first kappa shape index (κ1) is 16.1. The Morgan fingerprint density at radius 2 is 2.00 bits per heavy atom. The van der Waals surface area contributed by atoms with E-state index in [1.807, 2.05) is 6.92 Å². The Labute approximate surface area is 115 Å². The number of aromatic nitrogens is 2. The van der Waals surface area contributed by atoms with Crippen LogP contribution in [-0.4, -0.2) is 23.4 Å². The molecule has 0 aliphatic heterocycles. The van der Waals surface area contributed by atoms with Crippen LogP contribution in [0.25, 0.3) is 0 Å². The molecule has 1 unspecified atom stereocenters. The second-order valence-electron chi connectivity index (χ2n) is 5.29. The first-order valence-corrected chi connectivity index (χ1v) is 7.29. The van der Waals surface area contributed by atoms with Crippen molar-refractivity contribution >= 4 is 0 Å². The van der Waals surface area contributed by atoms with Gasteiger partial charge in [0.25, 0.3) is 0 Å². The standard InChI is InChI=1S/C14H27N3O2/c1-4-6-7-8-9-12-16-13(17-19-12)14(3,15)11-18-10-5-2/h4-11,15H2,1-3H3. The van der Waals surface area contributed by atoms with Gasteiger partial charge >= 0.3 is 0 Å². The van der Waals surface area contributed by atoms with Gasteiger partial charge in [0.1, 0.15) is 5.54 Å². The van der Waals surface area contributed by atoms with Gasteiger partial charge in [-0.15, -0.1) is 0 Å². The summed E-state index contributed by atoms with van der Waals surface area (Å²) in [5.41, 5.74) is 5.48. The van der Waals surface area contributed by atoms with Crippen molar-refractivity contribution in [3.8, 4) is 0 Å². The molecule has 1 rings (SSSR count). The van der Waals surface area contributed by atoms with Gasteiger partial charge < -0.3 is 15.0 Å². The Bertz CT molecular complexity index is 350. The third-order valence-corrected chi connectivity index (χ3v) is 2.97. The molecule has 1 heterocycles. The fourth-order valence-corrected chi connectivity index (χ4v) is 1.78. The van der Waals surface area contributed by atoms with Crippen molar-refractivity contribution in [2.75, 3.05) is 13.2 Å². The van der Waals surface area contributed by atoms with Crippen molar-refractivity contribution in [3.63, 3.8) is 0 Å². The number of nitrogens with zero attached hydrogens (tertiary/aromatic N) is 2. The molecule has 0 amide bonds. The van der Waals surface area contributed by atoms with E-state index in [2.05, 4.69) is 24.0 Å². The number of aryl methyl sites for hydroxylation is 1. The molecule has 0 fully saturated rings. The van der Waals surface area contributed by atoms with E-state index in [-0.39, 0.29) is 0 Å². The van der Waals surface area contributed by atoms with Crippen molar-refractivity contribution in [1.82, 2.24) is 10.1 Å². The topological polar surface area (TPSA) is 74.2 Å². The van der Waals surface area contributed by atoms with Crippen LogP contribution in [0.2, 0.25) is 0 Å². The Balaban J connectivity index is 2.43. The van der Waals surface area contributed by atoms with Crippen molar-refractivity contribution in [3.05, 3.63) is 11.7 Å². The first-order valence-electron chi connectivity index (χ1n) is 7.29. The summed E-state index contributed by atoms with van der Waals surface area (Å²) >= 11 is 0. The SMILES string of the molecule is CCCCCCc1nc(C(C)(N)COCCC)no1. The molecule has 0 bridgehead atoms. The van der Waals surface area contributed by atoms with Crippen LogP contribution in [0, 0.1) is 0 Å². The third kappa shape index (κ3) is 5.70. The molecule has 0 spiro atoms. The molecule has 0 saturated heterocycles. The van der Waals surface area contributed by atoms with Gasteiger partial charge in [-0.1, -0.05) is 38.3 Å². The highest BCUT2D eigenvalue weighted by Gasteiger charge is 2.27. The summed E-state index contributed by atoms with van der Waals surface area (Å²) in [6, 6.07) is 0. The molecular weight excluding hydrogens is 242 g/mol. The van der Waals surface area contributed by atoms with E-state index in [0.717, 1.165) is 19.3 Å². The molecule has 1 atom stereocenters. The smallest absolute Gasteiger partial charge is 0.226 e. The average molecular weight is 269 g/mol. The average Bonchev–Trinajstić information content (AvgIpc) is 2.84. The van der Waals surface area contributed by atoms with Crippen LogP contribution < -0.4 is 5.73 Å². The lowest BCUT2D eigenvalue weighted by Crippen LogP contribution is -2.39. The van der Waals surface area contributed by atoms with Crippen LogP contribution >= 0.6 is 0 Å². The van der Waals surface area contributed by atoms with Crippen molar-refractivity contribution < 1.29 is 9.26 Å². The predicted molar refractivity (Wildman–Crippen MR) is 74.8 cm³/mol. The minimum Gasteiger partial charge on any atom is -0.379 e. The summed E-state index contributed by atoms with van der Waals surface area (Å²) in [5.74, 6) is 1.22.